The number of hydrogen-bond acceptors (Lipinski definition) is 7. The summed E-state index contributed by atoms with van der Waals surface area (Å²) in [7, 11) is 1.37. The molecule has 4 aromatic heterocycles. The van der Waals surface area contributed by atoms with E-state index in [1.165, 1.54) is 19.2 Å². The van der Waals surface area contributed by atoms with Gasteiger partial charge in [-0.2, -0.15) is 15.3 Å². The lowest BCUT2D eigenvalue weighted by molar-refractivity contribution is 0.118. The molecule has 1 aromatic carbocycles. The summed E-state index contributed by atoms with van der Waals surface area (Å²) >= 11 is 6.10. The van der Waals surface area contributed by atoms with Gasteiger partial charge in [-0.05, 0) is 48.0 Å². The van der Waals surface area contributed by atoms with Crippen LogP contribution in [0.1, 0.15) is 11.3 Å². The molecule has 1 N–H and O–H groups in total. The first kappa shape index (κ1) is 23.0. The second-order valence-electron chi connectivity index (χ2n) is 8.58. The molecular weight excluding hydrogens is 497 g/mol. The molecule has 0 aliphatic carbocycles. The number of carbonyl (C=O) groups excluding carboxylic acids is 1. The number of hydrogen-bond donors (Lipinski definition) is 1. The normalized spacial score (nSPS) is 13.0. The number of aromatic amines is 1. The van der Waals surface area contributed by atoms with Crippen molar-refractivity contribution < 1.29 is 13.9 Å². The summed E-state index contributed by atoms with van der Waals surface area (Å²) in [4.78, 5) is 22.9. The van der Waals surface area contributed by atoms with Crippen molar-refractivity contribution in [2.75, 3.05) is 13.7 Å². The van der Waals surface area contributed by atoms with Crippen molar-refractivity contribution in [1.82, 2.24) is 35.3 Å². The minimum Gasteiger partial charge on any atom is -0.453 e. The van der Waals surface area contributed by atoms with Gasteiger partial charge < -0.3 is 9.64 Å². The maximum atomic E-state index is 14.6. The number of benzene rings is 1. The van der Waals surface area contributed by atoms with Gasteiger partial charge in [0.2, 0.25) is 0 Å². The molecule has 1 amide bonds. The van der Waals surface area contributed by atoms with Gasteiger partial charge >= 0.3 is 6.09 Å². The number of amides is 1. The van der Waals surface area contributed by atoms with Crippen molar-refractivity contribution in [3.05, 3.63) is 77.0 Å². The molecule has 6 rings (SSSR count). The van der Waals surface area contributed by atoms with Crippen LogP contribution in [0.3, 0.4) is 0 Å². The SMILES string of the molecule is COC(=O)N1CCc2nnc(-c3cnc4ccc(-c5cn[nH]c5-c5cc(Cl)ccc5F)nc4c3)cc2C1. The summed E-state index contributed by atoms with van der Waals surface area (Å²) in [6, 6.07) is 11.8. The second kappa shape index (κ2) is 9.21. The van der Waals surface area contributed by atoms with Crippen LogP contribution in [0.15, 0.2) is 54.9 Å². The molecular formula is C26H19ClFN7O2. The molecule has 37 heavy (non-hydrogen) atoms. The Kier molecular flexibility index (Phi) is 5.72. The van der Waals surface area contributed by atoms with Crippen LogP contribution in [0, 0.1) is 5.82 Å². The fourth-order valence-electron chi connectivity index (χ4n) is 4.43. The fraction of sp³-hybridized carbons (Fsp3) is 0.154. The predicted octanol–water partition coefficient (Wildman–Crippen LogP) is 5.06. The van der Waals surface area contributed by atoms with Gasteiger partial charge in [-0.1, -0.05) is 11.6 Å². The van der Waals surface area contributed by atoms with Gasteiger partial charge in [-0.25, -0.2) is 14.2 Å². The van der Waals surface area contributed by atoms with E-state index in [1.54, 1.807) is 23.4 Å². The molecule has 1 aliphatic rings. The topological polar surface area (TPSA) is 110 Å². The minimum atomic E-state index is -0.420. The molecule has 0 fully saturated rings. The van der Waals surface area contributed by atoms with Crippen molar-refractivity contribution in [3.63, 3.8) is 0 Å². The van der Waals surface area contributed by atoms with Gasteiger partial charge in [0.05, 0.1) is 53.7 Å². The van der Waals surface area contributed by atoms with Gasteiger partial charge in [0.25, 0.3) is 0 Å². The first-order valence-corrected chi connectivity index (χ1v) is 11.8. The van der Waals surface area contributed by atoms with Gasteiger partial charge in [0, 0.05) is 40.9 Å². The van der Waals surface area contributed by atoms with Crippen LogP contribution in [-0.4, -0.2) is 55.0 Å². The van der Waals surface area contributed by atoms with Crippen LogP contribution in [-0.2, 0) is 17.7 Å². The summed E-state index contributed by atoms with van der Waals surface area (Å²) in [5.41, 5.74) is 6.45. The van der Waals surface area contributed by atoms with Gasteiger partial charge in [-0.3, -0.25) is 10.1 Å². The zero-order chi connectivity index (χ0) is 25.5. The number of nitrogens with zero attached hydrogens (tertiary/aromatic N) is 6. The van der Waals surface area contributed by atoms with Crippen molar-refractivity contribution in [2.24, 2.45) is 0 Å². The van der Waals surface area contributed by atoms with Gasteiger partial charge in [-0.15, -0.1) is 0 Å². The molecule has 184 valence electrons. The van der Waals surface area contributed by atoms with E-state index in [9.17, 15) is 9.18 Å². The molecule has 11 heteroatoms. The predicted molar refractivity (Wildman–Crippen MR) is 135 cm³/mol. The molecule has 0 bridgehead atoms. The third-order valence-corrected chi connectivity index (χ3v) is 6.55. The van der Waals surface area contributed by atoms with Crippen LogP contribution in [0.5, 0.6) is 0 Å². The highest BCUT2D eigenvalue weighted by molar-refractivity contribution is 6.30. The maximum absolute atomic E-state index is 14.6. The number of H-pyrrole nitrogens is 1. The monoisotopic (exact) mass is 515 g/mol. The van der Waals surface area contributed by atoms with Crippen LogP contribution in [0.25, 0.3) is 44.8 Å². The Hall–Kier alpha value is -4.44. The summed E-state index contributed by atoms with van der Waals surface area (Å²) in [5, 5.41) is 16.1. The van der Waals surface area contributed by atoms with E-state index >= 15 is 0 Å². The number of nitrogens with one attached hydrogen (secondary N) is 1. The third kappa shape index (κ3) is 4.25. The quantitative estimate of drug-likeness (QED) is 0.357. The van der Waals surface area contributed by atoms with Crippen molar-refractivity contribution in [1.29, 1.82) is 0 Å². The van der Waals surface area contributed by atoms with E-state index in [1.807, 2.05) is 24.3 Å². The number of aromatic nitrogens is 6. The molecule has 0 saturated carbocycles. The largest absolute Gasteiger partial charge is 0.453 e. The van der Waals surface area contributed by atoms with E-state index in [0.29, 0.717) is 63.8 Å². The molecule has 5 aromatic rings. The smallest absolute Gasteiger partial charge is 0.409 e. The second-order valence-corrected chi connectivity index (χ2v) is 9.02. The lowest BCUT2D eigenvalue weighted by Gasteiger charge is -2.26. The fourth-order valence-corrected chi connectivity index (χ4v) is 4.60. The molecule has 0 unspecified atom stereocenters. The summed E-state index contributed by atoms with van der Waals surface area (Å²) < 4.78 is 19.4. The number of carbonyl (C=O) groups is 1. The Labute approximate surface area is 215 Å². The number of fused-ring (bicyclic) bond motifs is 2. The summed E-state index contributed by atoms with van der Waals surface area (Å²) in [6.45, 7) is 0.935. The summed E-state index contributed by atoms with van der Waals surface area (Å²) in [6.07, 6.45) is 3.55. The van der Waals surface area contributed by atoms with E-state index in [4.69, 9.17) is 21.3 Å². The standard InChI is InChI=1S/C26H19ClFN7O2/c1-37-26(36)35-7-6-20-15(13-35)9-23(33-32-20)14-8-24-22(29-11-14)5-4-21(31-24)18-12-30-34-25(18)17-10-16(27)2-3-19(17)28/h2-5,8-12H,6-7,13H2,1H3,(H,30,34). The molecule has 0 atom stereocenters. The van der Waals surface area contributed by atoms with Gasteiger partial charge in [0.15, 0.2) is 0 Å². The molecule has 9 nitrogen and oxygen atoms in total. The molecule has 0 spiro atoms. The average Bonchev–Trinajstić information content (AvgIpc) is 3.42. The Morgan fingerprint density at radius 2 is 1.95 bits per heavy atom. The number of pyridine rings is 2. The highest BCUT2D eigenvalue weighted by Gasteiger charge is 2.23. The first-order chi connectivity index (χ1) is 18.0. The molecule has 5 heterocycles. The lowest BCUT2D eigenvalue weighted by atomic mass is 10.0. The Bertz CT molecular complexity index is 1670. The number of ether oxygens (including phenoxy) is 1. The molecule has 0 radical (unpaired) electrons. The Morgan fingerprint density at radius 3 is 2.81 bits per heavy atom. The van der Waals surface area contributed by atoms with Crippen molar-refractivity contribution >= 4 is 28.7 Å². The van der Waals surface area contributed by atoms with Crippen LogP contribution < -0.4 is 0 Å². The minimum absolute atomic E-state index is 0.305. The number of methoxy groups -OCH3 is 1. The maximum Gasteiger partial charge on any atom is 0.409 e. The van der Waals surface area contributed by atoms with Crippen LogP contribution in [0.4, 0.5) is 9.18 Å². The van der Waals surface area contributed by atoms with Crippen LogP contribution in [0.2, 0.25) is 5.02 Å². The highest BCUT2D eigenvalue weighted by atomic mass is 35.5. The van der Waals surface area contributed by atoms with Crippen molar-refractivity contribution in [3.8, 4) is 33.8 Å². The van der Waals surface area contributed by atoms with Gasteiger partial charge in [0.1, 0.15) is 5.82 Å². The summed E-state index contributed by atoms with van der Waals surface area (Å²) in [5.74, 6) is -0.420. The molecule has 1 aliphatic heterocycles. The zero-order valence-electron chi connectivity index (χ0n) is 19.6. The lowest BCUT2D eigenvalue weighted by Crippen LogP contribution is -2.36. The highest BCUT2D eigenvalue weighted by Crippen LogP contribution is 2.33. The Balaban J connectivity index is 1.37. The van der Waals surface area contributed by atoms with E-state index < -0.39 is 5.82 Å². The first-order valence-electron chi connectivity index (χ1n) is 11.4. The zero-order valence-corrected chi connectivity index (χ0v) is 20.3. The van der Waals surface area contributed by atoms with E-state index in [2.05, 4.69) is 25.4 Å². The third-order valence-electron chi connectivity index (χ3n) is 6.32. The number of rotatable bonds is 3. The Morgan fingerprint density at radius 1 is 1.05 bits per heavy atom. The van der Waals surface area contributed by atoms with E-state index in [-0.39, 0.29) is 6.09 Å². The van der Waals surface area contributed by atoms with Crippen LogP contribution >= 0.6 is 11.6 Å². The number of halogens is 2. The van der Waals surface area contributed by atoms with Crippen molar-refractivity contribution in [2.45, 2.75) is 13.0 Å². The van der Waals surface area contributed by atoms with E-state index in [0.717, 1.165) is 16.8 Å². The average molecular weight is 516 g/mol. The molecule has 0 saturated heterocycles.